The molecule has 3 amide bonds. The van der Waals surface area contributed by atoms with E-state index in [1.807, 2.05) is 0 Å². The van der Waals surface area contributed by atoms with Crippen LogP contribution in [0.25, 0.3) is 0 Å². The second-order valence-corrected chi connectivity index (χ2v) is 6.14. The molecule has 0 spiro atoms. The van der Waals surface area contributed by atoms with Gasteiger partial charge in [-0.25, -0.2) is 0 Å². The highest BCUT2D eigenvalue weighted by Crippen LogP contribution is 2.27. The molecule has 142 valence electrons. The van der Waals surface area contributed by atoms with Gasteiger partial charge in [-0.2, -0.15) is 0 Å². The molecule has 0 aliphatic rings. The van der Waals surface area contributed by atoms with Crippen molar-refractivity contribution < 1.29 is 19.1 Å². The van der Waals surface area contributed by atoms with E-state index in [4.69, 9.17) is 16.3 Å². The third kappa shape index (κ3) is 5.72. The number of anilines is 3. The number of rotatable bonds is 6. The molecule has 27 heavy (non-hydrogen) atoms. The molecule has 7 nitrogen and oxygen atoms in total. The van der Waals surface area contributed by atoms with Gasteiger partial charge in [0.2, 0.25) is 17.7 Å². The number of methoxy groups -OCH3 is 1. The second kappa shape index (κ2) is 9.05. The maximum Gasteiger partial charge on any atom is 0.244 e. The minimum Gasteiger partial charge on any atom is -0.495 e. The zero-order chi connectivity index (χ0) is 20.0. The second-order valence-electron chi connectivity index (χ2n) is 5.73. The van der Waals surface area contributed by atoms with Crippen LogP contribution in [-0.2, 0) is 14.4 Å². The van der Waals surface area contributed by atoms with E-state index in [0.717, 1.165) is 0 Å². The van der Waals surface area contributed by atoms with Gasteiger partial charge in [0.25, 0.3) is 0 Å². The molecule has 0 aromatic heterocycles. The number of nitrogens with one attached hydrogen (secondary N) is 2. The molecule has 2 N–H and O–H groups in total. The Balaban J connectivity index is 2.14. The Bertz CT molecular complexity index is 870. The number of amides is 3. The van der Waals surface area contributed by atoms with E-state index < -0.39 is 5.91 Å². The van der Waals surface area contributed by atoms with Gasteiger partial charge in [-0.15, -0.1) is 0 Å². The van der Waals surface area contributed by atoms with Crippen molar-refractivity contribution in [3.8, 4) is 5.75 Å². The molecule has 0 saturated carbocycles. The van der Waals surface area contributed by atoms with E-state index in [1.54, 1.807) is 42.5 Å². The minimum absolute atomic E-state index is 0.192. The summed E-state index contributed by atoms with van der Waals surface area (Å²) in [6.07, 6.45) is 0. The average Bonchev–Trinajstić information content (AvgIpc) is 2.59. The molecule has 2 aromatic rings. The van der Waals surface area contributed by atoms with Crippen LogP contribution in [0.2, 0.25) is 5.02 Å². The van der Waals surface area contributed by atoms with Gasteiger partial charge in [-0.3, -0.25) is 14.4 Å². The highest BCUT2D eigenvalue weighted by Gasteiger charge is 2.17. The third-order valence-corrected chi connectivity index (χ3v) is 3.89. The van der Waals surface area contributed by atoms with E-state index in [0.29, 0.717) is 27.8 Å². The molecule has 0 bridgehead atoms. The van der Waals surface area contributed by atoms with Crippen molar-refractivity contribution in [2.75, 3.05) is 29.2 Å². The van der Waals surface area contributed by atoms with E-state index in [-0.39, 0.29) is 18.4 Å². The largest absolute Gasteiger partial charge is 0.495 e. The lowest BCUT2D eigenvalue weighted by Gasteiger charge is -2.21. The van der Waals surface area contributed by atoms with Gasteiger partial charge in [0.15, 0.2) is 0 Å². The van der Waals surface area contributed by atoms with Crippen molar-refractivity contribution in [2.45, 2.75) is 13.8 Å². The normalized spacial score (nSPS) is 10.1. The highest BCUT2D eigenvalue weighted by atomic mass is 35.5. The first kappa shape index (κ1) is 20.3. The van der Waals surface area contributed by atoms with Crippen molar-refractivity contribution >= 4 is 46.4 Å². The van der Waals surface area contributed by atoms with E-state index in [9.17, 15) is 14.4 Å². The Kier molecular flexibility index (Phi) is 6.79. The van der Waals surface area contributed by atoms with Gasteiger partial charge in [0.1, 0.15) is 12.3 Å². The first-order valence-corrected chi connectivity index (χ1v) is 8.47. The lowest BCUT2D eigenvalue weighted by molar-refractivity contribution is -0.120. The number of nitrogens with zero attached hydrogens (tertiary/aromatic N) is 1. The summed E-state index contributed by atoms with van der Waals surface area (Å²) >= 11 is 6.05. The van der Waals surface area contributed by atoms with Crippen LogP contribution in [0, 0.1) is 0 Å². The van der Waals surface area contributed by atoms with Crippen LogP contribution in [0.1, 0.15) is 13.8 Å². The van der Waals surface area contributed by atoms with E-state index in [1.165, 1.54) is 25.9 Å². The molecule has 0 saturated heterocycles. The summed E-state index contributed by atoms with van der Waals surface area (Å²) < 4.78 is 5.07. The van der Waals surface area contributed by atoms with Crippen LogP contribution < -0.4 is 20.3 Å². The van der Waals surface area contributed by atoms with Gasteiger partial charge in [-0.05, 0) is 36.4 Å². The van der Waals surface area contributed by atoms with Crippen LogP contribution in [-0.4, -0.2) is 31.4 Å². The molecular formula is C19H20ClN3O4. The molecule has 0 fully saturated rings. The summed E-state index contributed by atoms with van der Waals surface area (Å²) in [5.41, 5.74) is 1.52. The number of carbonyl (C=O) groups excluding carboxylic acids is 3. The van der Waals surface area contributed by atoms with Gasteiger partial charge in [0.05, 0.1) is 12.1 Å². The summed E-state index contributed by atoms with van der Waals surface area (Å²) in [7, 11) is 1.50. The fourth-order valence-corrected chi connectivity index (χ4v) is 2.69. The van der Waals surface area contributed by atoms with E-state index in [2.05, 4.69) is 10.6 Å². The molecule has 0 atom stereocenters. The number of halogens is 1. The SMILES string of the molecule is COc1ccc(NC(=O)CN(C(C)=O)c2cccc(NC(C)=O)c2)cc1Cl. The van der Waals surface area contributed by atoms with Crippen molar-refractivity contribution in [2.24, 2.45) is 0 Å². The first-order valence-electron chi connectivity index (χ1n) is 8.09. The van der Waals surface area contributed by atoms with Gasteiger partial charge in [-0.1, -0.05) is 17.7 Å². The predicted molar refractivity (Wildman–Crippen MR) is 105 cm³/mol. The number of benzene rings is 2. The summed E-state index contributed by atoms with van der Waals surface area (Å²) in [6.45, 7) is 2.56. The van der Waals surface area contributed by atoms with Crippen LogP contribution in [0.15, 0.2) is 42.5 Å². The summed E-state index contributed by atoms with van der Waals surface area (Å²) in [4.78, 5) is 36.9. The standard InChI is InChI=1S/C19H20ClN3O4/c1-12(24)21-14-5-4-6-16(9-14)23(13(2)25)11-19(26)22-15-7-8-18(27-3)17(20)10-15/h4-10H,11H2,1-3H3,(H,21,24)(H,22,26). The third-order valence-electron chi connectivity index (χ3n) is 3.60. The van der Waals surface area contributed by atoms with Crippen LogP contribution >= 0.6 is 11.6 Å². The van der Waals surface area contributed by atoms with Crippen molar-refractivity contribution in [3.05, 3.63) is 47.5 Å². The zero-order valence-electron chi connectivity index (χ0n) is 15.2. The molecular weight excluding hydrogens is 370 g/mol. The minimum atomic E-state index is -0.392. The number of carbonyl (C=O) groups is 3. The molecule has 2 rings (SSSR count). The van der Waals surface area contributed by atoms with E-state index >= 15 is 0 Å². The molecule has 0 radical (unpaired) electrons. The van der Waals surface area contributed by atoms with Crippen LogP contribution in [0.3, 0.4) is 0 Å². The topological polar surface area (TPSA) is 87.7 Å². The quantitative estimate of drug-likeness (QED) is 0.793. The Morgan fingerprint density at radius 3 is 2.33 bits per heavy atom. The van der Waals surface area contributed by atoms with Crippen LogP contribution in [0.5, 0.6) is 5.75 Å². The summed E-state index contributed by atoms with van der Waals surface area (Å²) in [5.74, 6) is -0.431. The predicted octanol–water partition coefficient (Wildman–Crippen LogP) is 3.30. The summed E-state index contributed by atoms with van der Waals surface area (Å²) in [6, 6.07) is 11.6. The smallest absolute Gasteiger partial charge is 0.244 e. The Hall–Kier alpha value is -3.06. The Morgan fingerprint density at radius 2 is 1.74 bits per heavy atom. The van der Waals surface area contributed by atoms with Crippen molar-refractivity contribution in [1.82, 2.24) is 0 Å². The van der Waals surface area contributed by atoms with Gasteiger partial charge >= 0.3 is 0 Å². The van der Waals surface area contributed by atoms with Crippen molar-refractivity contribution in [3.63, 3.8) is 0 Å². The molecule has 8 heteroatoms. The number of hydrogen-bond acceptors (Lipinski definition) is 4. The Labute approximate surface area is 162 Å². The molecule has 0 aliphatic heterocycles. The first-order chi connectivity index (χ1) is 12.8. The lowest BCUT2D eigenvalue weighted by atomic mass is 10.2. The molecule has 0 unspecified atom stereocenters. The highest BCUT2D eigenvalue weighted by molar-refractivity contribution is 6.32. The van der Waals surface area contributed by atoms with Gasteiger partial charge in [0, 0.05) is 30.9 Å². The maximum absolute atomic E-state index is 12.4. The van der Waals surface area contributed by atoms with Gasteiger partial charge < -0.3 is 20.3 Å². The fraction of sp³-hybridized carbons (Fsp3) is 0.211. The van der Waals surface area contributed by atoms with Crippen molar-refractivity contribution in [1.29, 1.82) is 0 Å². The molecule has 2 aromatic carbocycles. The fourth-order valence-electron chi connectivity index (χ4n) is 2.43. The number of hydrogen-bond donors (Lipinski definition) is 2. The lowest BCUT2D eigenvalue weighted by Crippen LogP contribution is -2.36. The summed E-state index contributed by atoms with van der Waals surface area (Å²) in [5, 5.41) is 5.70. The monoisotopic (exact) mass is 389 g/mol. The molecule has 0 heterocycles. The average molecular weight is 390 g/mol. The van der Waals surface area contributed by atoms with Crippen LogP contribution in [0.4, 0.5) is 17.1 Å². The maximum atomic E-state index is 12.4. The zero-order valence-corrected chi connectivity index (χ0v) is 16.0. The Morgan fingerprint density at radius 1 is 1.04 bits per heavy atom. The molecule has 0 aliphatic carbocycles. The number of ether oxygens (including phenoxy) is 1.